The first-order chi connectivity index (χ1) is 8.95. The highest BCUT2D eigenvalue weighted by atomic mass is 32.2. The molecular weight excluding hydrogens is 287 g/mol. The molecule has 1 aromatic carbocycles. The number of nitro groups is 1. The lowest BCUT2D eigenvalue weighted by atomic mass is 9.97. The van der Waals surface area contributed by atoms with Crippen LogP contribution in [0.2, 0.25) is 0 Å². The number of rotatable bonds is 4. The van der Waals surface area contributed by atoms with Crippen molar-refractivity contribution in [2.45, 2.75) is 25.7 Å². The summed E-state index contributed by atoms with van der Waals surface area (Å²) in [7, 11) is -2.48. The lowest BCUT2D eigenvalue weighted by Gasteiger charge is -2.26. The maximum atomic E-state index is 13.5. The number of sulfonamides is 1. The number of nitro benzene ring substituents is 1. The van der Waals surface area contributed by atoms with Gasteiger partial charge in [0.05, 0.1) is 9.82 Å². The smallest absolute Gasteiger partial charge is 0.258 e. The summed E-state index contributed by atoms with van der Waals surface area (Å²) in [6.45, 7) is 5.86. The van der Waals surface area contributed by atoms with Gasteiger partial charge in [0, 0.05) is 25.7 Å². The van der Waals surface area contributed by atoms with Gasteiger partial charge in [0.25, 0.3) is 0 Å². The normalized spacial score (nSPS) is 12.7. The van der Waals surface area contributed by atoms with Crippen molar-refractivity contribution in [2.75, 3.05) is 13.6 Å². The fourth-order valence-corrected chi connectivity index (χ4v) is 3.14. The van der Waals surface area contributed by atoms with E-state index in [9.17, 15) is 22.9 Å². The van der Waals surface area contributed by atoms with E-state index in [4.69, 9.17) is 0 Å². The minimum absolute atomic E-state index is 0.244. The number of hydrogen-bond acceptors (Lipinski definition) is 4. The van der Waals surface area contributed by atoms with Crippen LogP contribution in [0.3, 0.4) is 0 Å². The molecule has 112 valence electrons. The zero-order chi connectivity index (χ0) is 15.7. The van der Waals surface area contributed by atoms with Crippen LogP contribution in [0.15, 0.2) is 23.1 Å². The van der Waals surface area contributed by atoms with Crippen molar-refractivity contribution in [3.63, 3.8) is 0 Å². The standard InChI is InChI=1S/C12H17FN2O4S/c1-12(2,3)8-14(4)20(18,19)9-5-6-11(15(16)17)10(13)7-9/h5-7H,8H2,1-4H3. The molecule has 0 saturated carbocycles. The molecule has 0 aliphatic heterocycles. The van der Waals surface area contributed by atoms with Gasteiger partial charge in [-0.1, -0.05) is 20.8 Å². The van der Waals surface area contributed by atoms with Crippen molar-refractivity contribution in [1.82, 2.24) is 4.31 Å². The molecule has 0 saturated heterocycles. The molecule has 0 unspecified atom stereocenters. The minimum atomic E-state index is -3.87. The molecule has 0 aliphatic carbocycles. The Morgan fingerprint density at radius 1 is 1.35 bits per heavy atom. The fourth-order valence-electron chi connectivity index (χ4n) is 1.73. The van der Waals surface area contributed by atoms with E-state index in [0.717, 1.165) is 16.4 Å². The maximum absolute atomic E-state index is 13.5. The van der Waals surface area contributed by atoms with E-state index in [1.54, 1.807) is 0 Å². The lowest BCUT2D eigenvalue weighted by Crippen LogP contribution is -2.34. The van der Waals surface area contributed by atoms with E-state index < -0.39 is 26.5 Å². The van der Waals surface area contributed by atoms with Crippen molar-refractivity contribution in [2.24, 2.45) is 5.41 Å². The zero-order valence-corrected chi connectivity index (χ0v) is 12.6. The summed E-state index contributed by atoms with van der Waals surface area (Å²) in [5, 5.41) is 10.5. The van der Waals surface area contributed by atoms with Crippen LogP contribution in [0.25, 0.3) is 0 Å². The first kappa shape index (κ1) is 16.5. The summed E-state index contributed by atoms with van der Waals surface area (Å²) >= 11 is 0. The lowest BCUT2D eigenvalue weighted by molar-refractivity contribution is -0.387. The third kappa shape index (κ3) is 3.73. The molecule has 0 aromatic heterocycles. The molecule has 0 heterocycles. The average molecular weight is 304 g/mol. The molecule has 0 fully saturated rings. The van der Waals surface area contributed by atoms with Gasteiger partial charge >= 0.3 is 5.69 Å². The molecule has 0 spiro atoms. The Morgan fingerprint density at radius 3 is 2.30 bits per heavy atom. The Hall–Kier alpha value is -1.54. The van der Waals surface area contributed by atoms with Crippen LogP contribution >= 0.6 is 0 Å². The molecule has 6 nitrogen and oxygen atoms in total. The fraction of sp³-hybridized carbons (Fsp3) is 0.500. The van der Waals surface area contributed by atoms with Gasteiger partial charge in [-0.3, -0.25) is 10.1 Å². The molecule has 1 aromatic rings. The quantitative estimate of drug-likeness (QED) is 0.632. The van der Waals surface area contributed by atoms with Crippen molar-refractivity contribution in [1.29, 1.82) is 0 Å². The molecule has 8 heteroatoms. The van der Waals surface area contributed by atoms with Crippen LogP contribution in [0, 0.1) is 21.3 Å². The average Bonchev–Trinajstić information content (AvgIpc) is 2.25. The van der Waals surface area contributed by atoms with Gasteiger partial charge in [-0.05, 0) is 11.5 Å². The van der Waals surface area contributed by atoms with E-state index in [0.29, 0.717) is 6.07 Å². The van der Waals surface area contributed by atoms with Crippen LogP contribution in [0.1, 0.15) is 20.8 Å². The predicted octanol–water partition coefficient (Wildman–Crippen LogP) is 2.40. The highest BCUT2D eigenvalue weighted by molar-refractivity contribution is 7.89. The molecule has 0 amide bonds. The molecule has 1 rings (SSSR count). The van der Waals surface area contributed by atoms with Gasteiger partial charge in [0.15, 0.2) is 0 Å². The van der Waals surface area contributed by atoms with Crippen molar-refractivity contribution < 1.29 is 17.7 Å². The SMILES string of the molecule is CN(CC(C)(C)C)S(=O)(=O)c1ccc([N+](=O)[O-])c(F)c1. The first-order valence-electron chi connectivity index (χ1n) is 5.85. The van der Waals surface area contributed by atoms with Crippen molar-refractivity contribution in [3.8, 4) is 0 Å². The second kappa shape index (κ2) is 5.45. The van der Waals surface area contributed by atoms with Gasteiger partial charge in [-0.2, -0.15) is 4.39 Å². The van der Waals surface area contributed by atoms with E-state index >= 15 is 0 Å². The van der Waals surface area contributed by atoms with Crippen LogP contribution in [-0.4, -0.2) is 31.2 Å². The number of hydrogen-bond donors (Lipinski definition) is 0. The Kier molecular flexibility index (Phi) is 4.50. The molecule has 20 heavy (non-hydrogen) atoms. The van der Waals surface area contributed by atoms with Crippen molar-refractivity contribution >= 4 is 15.7 Å². The maximum Gasteiger partial charge on any atom is 0.304 e. The second-order valence-electron chi connectivity index (χ2n) is 5.69. The van der Waals surface area contributed by atoms with E-state index in [1.807, 2.05) is 20.8 Å². The number of halogens is 1. The van der Waals surface area contributed by atoms with Gasteiger partial charge in [0.1, 0.15) is 0 Å². The largest absolute Gasteiger partial charge is 0.304 e. The second-order valence-corrected chi connectivity index (χ2v) is 7.74. The summed E-state index contributed by atoms with van der Waals surface area (Å²) in [4.78, 5) is 9.31. The van der Waals surface area contributed by atoms with Crippen LogP contribution < -0.4 is 0 Å². The molecule has 0 N–H and O–H groups in total. The van der Waals surface area contributed by atoms with Gasteiger partial charge in [-0.25, -0.2) is 12.7 Å². The number of nitrogens with zero attached hydrogens (tertiary/aromatic N) is 2. The van der Waals surface area contributed by atoms with E-state index in [1.165, 1.54) is 7.05 Å². The van der Waals surface area contributed by atoms with Crippen LogP contribution in [0.5, 0.6) is 0 Å². The molecule has 0 aliphatic rings. The third-order valence-corrected chi connectivity index (χ3v) is 4.32. The Balaban J connectivity index is 3.17. The van der Waals surface area contributed by atoms with Crippen molar-refractivity contribution in [3.05, 3.63) is 34.1 Å². The summed E-state index contributed by atoms with van der Waals surface area (Å²) in [5.41, 5.74) is -1.01. The van der Waals surface area contributed by atoms with Gasteiger partial charge < -0.3 is 0 Å². The molecule has 0 atom stereocenters. The topological polar surface area (TPSA) is 80.5 Å². The summed E-state index contributed by atoms with van der Waals surface area (Å²) in [6.07, 6.45) is 0. The van der Waals surface area contributed by atoms with Gasteiger partial charge in [-0.15, -0.1) is 0 Å². The van der Waals surface area contributed by atoms with Crippen LogP contribution in [-0.2, 0) is 10.0 Å². The summed E-state index contributed by atoms with van der Waals surface area (Å²) < 4.78 is 39.1. The third-order valence-electron chi connectivity index (χ3n) is 2.52. The molecular formula is C12H17FN2O4S. The summed E-state index contributed by atoms with van der Waals surface area (Å²) in [6, 6.07) is 2.56. The van der Waals surface area contributed by atoms with Gasteiger partial charge in [0.2, 0.25) is 15.8 Å². The Bertz CT molecular complexity index is 623. The highest BCUT2D eigenvalue weighted by Gasteiger charge is 2.27. The monoisotopic (exact) mass is 304 g/mol. The minimum Gasteiger partial charge on any atom is -0.258 e. The Morgan fingerprint density at radius 2 is 1.90 bits per heavy atom. The predicted molar refractivity (Wildman–Crippen MR) is 72.3 cm³/mol. The first-order valence-corrected chi connectivity index (χ1v) is 7.29. The zero-order valence-electron chi connectivity index (χ0n) is 11.8. The summed E-state index contributed by atoms with van der Waals surface area (Å²) in [5.74, 6) is -1.17. The molecule has 0 bridgehead atoms. The Labute approximate surface area is 117 Å². The highest BCUT2D eigenvalue weighted by Crippen LogP contribution is 2.24. The van der Waals surface area contributed by atoms with Crippen LogP contribution in [0.4, 0.5) is 10.1 Å². The number of benzene rings is 1. The van der Waals surface area contributed by atoms with E-state index in [-0.39, 0.29) is 16.9 Å². The van der Waals surface area contributed by atoms with E-state index in [2.05, 4.69) is 0 Å². The molecule has 0 radical (unpaired) electrons.